The van der Waals surface area contributed by atoms with Crippen molar-refractivity contribution in [3.05, 3.63) is 64.1 Å². The van der Waals surface area contributed by atoms with Gasteiger partial charge in [0.25, 0.3) is 0 Å². The van der Waals surface area contributed by atoms with Crippen LogP contribution in [-0.2, 0) is 0 Å². The number of hydrogen-bond donors (Lipinski definition) is 0. The molecule has 0 saturated carbocycles. The van der Waals surface area contributed by atoms with Gasteiger partial charge in [-0.1, -0.05) is 57.5 Å². The molecule has 0 unspecified atom stereocenters. The molecule has 1 aliphatic rings. The third-order valence-corrected chi connectivity index (χ3v) is 5.45. The molecule has 0 amide bonds. The summed E-state index contributed by atoms with van der Waals surface area (Å²) < 4.78 is 1.02. The van der Waals surface area contributed by atoms with Gasteiger partial charge in [0.2, 0.25) is 0 Å². The fourth-order valence-electron chi connectivity index (χ4n) is 2.48. The predicted octanol–water partition coefficient (Wildman–Crippen LogP) is 5.52. The second-order valence-corrected chi connectivity index (χ2v) is 7.70. The maximum Gasteiger partial charge on any atom is 0.182 e. The summed E-state index contributed by atoms with van der Waals surface area (Å²) >= 11 is 5.19. The fourth-order valence-corrected chi connectivity index (χ4v) is 3.71. The van der Waals surface area contributed by atoms with Crippen LogP contribution < -0.4 is 4.90 Å². The van der Waals surface area contributed by atoms with Gasteiger partial charge >= 0.3 is 0 Å². The number of aliphatic imine (C=N–C) groups is 1. The van der Waals surface area contributed by atoms with E-state index in [0.717, 1.165) is 45.2 Å². The van der Waals surface area contributed by atoms with Gasteiger partial charge in [-0.15, -0.1) is 17.0 Å². The second kappa shape index (κ2) is 9.55. The lowest BCUT2D eigenvalue weighted by Gasteiger charge is -2.27. The number of nitrogens with zero attached hydrogens (tertiary/aromatic N) is 2. The number of Topliss-reactive ketones (excluding diaryl/α,β-unsaturated/α-hetero) is 1. The van der Waals surface area contributed by atoms with E-state index in [1.807, 2.05) is 60.4 Å². The van der Waals surface area contributed by atoms with Crippen LogP contribution in [0.15, 0.2) is 58.0 Å². The summed E-state index contributed by atoms with van der Waals surface area (Å²) in [4.78, 5) is 19.4. The number of benzene rings is 2. The lowest BCUT2D eigenvalue weighted by molar-refractivity contribution is 0.100. The molecule has 132 valence electrons. The molecule has 0 aromatic heterocycles. The largest absolute Gasteiger partial charge is 0.313 e. The van der Waals surface area contributed by atoms with Crippen molar-refractivity contribution >= 4 is 61.3 Å². The number of halogens is 2. The van der Waals surface area contributed by atoms with Crippen molar-refractivity contribution in [3.63, 3.8) is 0 Å². The number of anilines is 1. The zero-order chi connectivity index (χ0) is 16.9. The highest BCUT2D eigenvalue weighted by atomic mass is 79.9. The Balaban J connectivity index is 0.00000225. The highest BCUT2D eigenvalue weighted by Gasteiger charge is 2.20. The lowest BCUT2D eigenvalue weighted by Crippen LogP contribution is -2.35. The smallest absolute Gasteiger partial charge is 0.182 e. The lowest BCUT2D eigenvalue weighted by atomic mass is 10.1. The van der Waals surface area contributed by atoms with E-state index in [1.54, 1.807) is 11.8 Å². The number of rotatable bonds is 4. The summed E-state index contributed by atoms with van der Waals surface area (Å²) in [6.45, 7) is 3.15. The Morgan fingerprint density at radius 2 is 1.84 bits per heavy atom. The first-order valence-electron chi connectivity index (χ1n) is 7.94. The van der Waals surface area contributed by atoms with E-state index in [-0.39, 0.29) is 22.8 Å². The van der Waals surface area contributed by atoms with E-state index in [2.05, 4.69) is 20.9 Å². The minimum atomic E-state index is 0. The average Bonchev–Trinajstić information content (AvgIpc) is 2.62. The van der Waals surface area contributed by atoms with Gasteiger partial charge in [0.05, 0.1) is 6.54 Å². The molecule has 0 N–H and O–H groups in total. The minimum Gasteiger partial charge on any atom is -0.313 e. The molecule has 0 bridgehead atoms. The first-order valence-corrected chi connectivity index (χ1v) is 9.71. The van der Waals surface area contributed by atoms with Crippen molar-refractivity contribution in [2.45, 2.75) is 13.3 Å². The molecular formula is C19H20Br2N2OS. The quantitative estimate of drug-likeness (QED) is 0.537. The number of thioether (sulfide) groups is 1. The second-order valence-electron chi connectivity index (χ2n) is 5.72. The maximum atomic E-state index is 12.7. The third kappa shape index (κ3) is 5.43. The van der Waals surface area contributed by atoms with Gasteiger partial charge in [0.1, 0.15) is 0 Å². The summed E-state index contributed by atoms with van der Waals surface area (Å²) in [5.41, 5.74) is 2.89. The summed E-state index contributed by atoms with van der Waals surface area (Å²) in [7, 11) is 0. The summed E-state index contributed by atoms with van der Waals surface area (Å²) in [6, 6.07) is 15.8. The Morgan fingerprint density at radius 3 is 2.44 bits per heavy atom. The van der Waals surface area contributed by atoms with Gasteiger partial charge < -0.3 is 4.90 Å². The Kier molecular flexibility index (Phi) is 7.72. The molecule has 1 heterocycles. The first-order chi connectivity index (χ1) is 11.6. The van der Waals surface area contributed by atoms with Gasteiger partial charge in [0, 0.05) is 28.0 Å². The van der Waals surface area contributed by atoms with Gasteiger partial charge in [-0.25, -0.2) is 0 Å². The number of hydrogen-bond acceptors (Lipinski definition) is 4. The van der Waals surface area contributed by atoms with Gasteiger partial charge in [-0.2, -0.15) is 0 Å². The standard InChI is InChI=1S/C19H19BrN2OS.BrH/c1-14-3-5-15(6-4-14)18(23)13-22(19-21-11-2-12-24-19)17-9-7-16(20)8-10-17;/h3-10H,2,11-13H2,1H3;1H. The number of aryl methyl sites for hydroxylation is 1. The van der Waals surface area contributed by atoms with E-state index in [9.17, 15) is 4.79 Å². The van der Waals surface area contributed by atoms with Crippen molar-refractivity contribution in [1.82, 2.24) is 0 Å². The monoisotopic (exact) mass is 482 g/mol. The molecule has 0 saturated heterocycles. The molecule has 2 aromatic rings. The number of ketones is 1. The Labute approximate surface area is 171 Å². The van der Waals surface area contributed by atoms with Crippen LogP contribution in [0.25, 0.3) is 0 Å². The van der Waals surface area contributed by atoms with Crippen LogP contribution in [0, 0.1) is 6.92 Å². The fraction of sp³-hybridized carbons (Fsp3) is 0.263. The Morgan fingerprint density at radius 1 is 1.16 bits per heavy atom. The number of carbonyl (C=O) groups excluding carboxylic acids is 1. The van der Waals surface area contributed by atoms with Gasteiger partial charge in [0.15, 0.2) is 11.0 Å². The highest BCUT2D eigenvalue weighted by Crippen LogP contribution is 2.25. The maximum absolute atomic E-state index is 12.7. The van der Waals surface area contributed by atoms with Crippen LogP contribution in [0.2, 0.25) is 0 Å². The molecule has 3 nitrogen and oxygen atoms in total. The van der Waals surface area contributed by atoms with E-state index < -0.39 is 0 Å². The molecule has 25 heavy (non-hydrogen) atoms. The molecule has 0 spiro atoms. The molecular weight excluding hydrogens is 464 g/mol. The zero-order valence-corrected chi connectivity index (χ0v) is 18.1. The van der Waals surface area contributed by atoms with Crippen LogP contribution in [0.4, 0.5) is 5.69 Å². The predicted molar refractivity (Wildman–Crippen MR) is 117 cm³/mol. The first kappa shape index (κ1) is 20.2. The van der Waals surface area contributed by atoms with Crippen molar-refractivity contribution in [3.8, 4) is 0 Å². The third-order valence-electron chi connectivity index (χ3n) is 3.83. The van der Waals surface area contributed by atoms with E-state index in [1.165, 1.54) is 0 Å². The molecule has 1 aliphatic heterocycles. The average molecular weight is 484 g/mol. The van der Waals surface area contributed by atoms with E-state index >= 15 is 0 Å². The van der Waals surface area contributed by atoms with Crippen molar-refractivity contribution in [1.29, 1.82) is 0 Å². The molecule has 2 aromatic carbocycles. The summed E-state index contributed by atoms with van der Waals surface area (Å²) in [5, 5.41) is 0.934. The Bertz CT molecular complexity index is 745. The highest BCUT2D eigenvalue weighted by molar-refractivity contribution is 9.10. The number of carbonyl (C=O) groups is 1. The minimum absolute atomic E-state index is 0. The van der Waals surface area contributed by atoms with Gasteiger partial charge in [-0.3, -0.25) is 9.79 Å². The van der Waals surface area contributed by atoms with Crippen molar-refractivity contribution < 1.29 is 4.79 Å². The summed E-state index contributed by atoms with van der Waals surface area (Å²) in [6.07, 6.45) is 1.09. The molecule has 0 aliphatic carbocycles. The molecule has 3 rings (SSSR count). The summed E-state index contributed by atoms with van der Waals surface area (Å²) in [5.74, 6) is 1.15. The van der Waals surface area contributed by atoms with Crippen LogP contribution in [0.5, 0.6) is 0 Å². The number of amidine groups is 1. The van der Waals surface area contributed by atoms with E-state index in [0.29, 0.717) is 6.54 Å². The van der Waals surface area contributed by atoms with Gasteiger partial charge in [-0.05, 0) is 37.6 Å². The van der Waals surface area contributed by atoms with Crippen molar-refractivity contribution in [2.24, 2.45) is 4.99 Å². The molecule has 0 fully saturated rings. The SMILES string of the molecule is Br.Cc1ccc(C(=O)CN(C2=NCCCS2)c2ccc(Br)cc2)cc1. The van der Waals surface area contributed by atoms with Crippen LogP contribution in [0.1, 0.15) is 22.3 Å². The van der Waals surface area contributed by atoms with E-state index in [4.69, 9.17) is 0 Å². The van der Waals surface area contributed by atoms with Crippen LogP contribution in [0.3, 0.4) is 0 Å². The topological polar surface area (TPSA) is 32.7 Å². The Hall–Kier alpha value is -1.11. The van der Waals surface area contributed by atoms with Crippen molar-refractivity contribution in [2.75, 3.05) is 23.7 Å². The molecule has 0 atom stereocenters. The molecule has 6 heteroatoms. The van der Waals surface area contributed by atoms with Crippen LogP contribution in [-0.4, -0.2) is 29.8 Å². The normalized spacial score (nSPS) is 13.6. The zero-order valence-electron chi connectivity index (χ0n) is 13.9. The molecule has 0 radical (unpaired) electrons. The van der Waals surface area contributed by atoms with Crippen LogP contribution >= 0.6 is 44.7 Å².